The SMILES string of the molecule is CCOc1ccc(C(=O)Nc2ccc3nc(Nc4ccc(OC)cc4)cc(C)c3c2)cc1. The molecule has 32 heavy (non-hydrogen) atoms. The number of carbonyl (C=O) groups is 1. The Labute approximate surface area is 187 Å². The Morgan fingerprint density at radius 2 is 1.59 bits per heavy atom. The van der Waals surface area contributed by atoms with Gasteiger partial charge in [0.25, 0.3) is 5.91 Å². The Hall–Kier alpha value is -4.06. The predicted molar refractivity (Wildman–Crippen MR) is 128 cm³/mol. The van der Waals surface area contributed by atoms with Crippen LogP contribution in [0, 0.1) is 6.92 Å². The summed E-state index contributed by atoms with van der Waals surface area (Å²) in [7, 11) is 1.64. The van der Waals surface area contributed by atoms with Crippen LogP contribution in [-0.2, 0) is 0 Å². The molecule has 0 bridgehead atoms. The lowest BCUT2D eigenvalue weighted by Crippen LogP contribution is -2.11. The normalized spacial score (nSPS) is 10.6. The molecule has 0 atom stereocenters. The molecule has 0 saturated heterocycles. The molecule has 3 aromatic carbocycles. The number of hydrogen-bond donors (Lipinski definition) is 2. The van der Waals surface area contributed by atoms with E-state index in [0.29, 0.717) is 12.2 Å². The molecule has 0 fully saturated rings. The number of benzene rings is 3. The quantitative estimate of drug-likeness (QED) is 0.381. The number of ether oxygens (including phenoxy) is 2. The third-order valence-corrected chi connectivity index (χ3v) is 5.06. The van der Waals surface area contributed by atoms with Crippen LogP contribution in [0.5, 0.6) is 11.5 Å². The molecule has 162 valence electrons. The lowest BCUT2D eigenvalue weighted by atomic mass is 10.1. The first-order chi connectivity index (χ1) is 15.6. The minimum atomic E-state index is -0.171. The first kappa shape index (κ1) is 21.2. The number of nitrogens with one attached hydrogen (secondary N) is 2. The molecule has 0 aliphatic carbocycles. The van der Waals surface area contributed by atoms with Crippen LogP contribution in [-0.4, -0.2) is 24.6 Å². The van der Waals surface area contributed by atoms with Crippen molar-refractivity contribution in [1.29, 1.82) is 0 Å². The summed E-state index contributed by atoms with van der Waals surface area (Å²) in [4.78, 5) is 17.3. The van der Waals surface area contributed by atoms with Crippen LogP contribution in [0.2, 0.25) is 0 Å². The highest BCUT2D eigenvalue weighted by Crippen LogP contribution is 2.26. The zero-order valence-electron chi connectivity index (χ0n) is 18.3. The molecule has 1 aromatic heterocycles. The van der Waals surface area contributed by atoms with Crippen LogP contribution in [0.3, 0.4) is 0 Å². The largest absolute Gasteiger partial charge is 0.497 e. The summed E-state index contributed by atoms with van der Waals surface area (Å²) in [5.41, 5.74) is 4.12. The number of aromatic nitrogens is 1. The highest BCUT2D eigenvalue weighted by atomic mass is 16.5. The number of nitrogens with zero attached hydrogens (tertiary/aromatic N) is 1. The van der Waals surface area contributed by atoms with Gasteiger partial charge in [0.1, 0.15) is 17.3 Å². The molecule has 0 aliphatic heterocycles. The first-order valence-electron chi connectivity index (χ1n) is 10.4. The maximum absolute atomic E-state index is 12.6. The van der Waals surface area contributed by atoms with Crippen molar-refractivity contribution in [2.75, 3.05) is 24.4 Å². The van der Waals surface area contributed by atoms with Gasteiger partial charge in [-0.2, -0.15) is 0 Å². The number of anilines is 3. The monoisotopic (exact) mass is 427 g/mol. The van der Waals surface area contributed by atoms with Gasteiger partial charge in [-0.1, -0.05) is 0 Å². The highest BCUT2D eigenvalue weighted by molar-refractivity contribution is 6.05. The van der Waals surface area contributed by atoms with Crippen molar-refractivity contribution in [2.24, 2.45) is 0 Å². The molecule has 0 radical (unpaired) electrons. The average Bonchev–Trinajstić information content (AvgIpc) is 2.81. The van der Waals surface area contributed by atoms with Gasteiger partial charge in [0.15, 0.2) is 0 Å². The fourth-order valence-corrected chi connectivity index (χ4v) is 3.43. The van der Waals surface area contributed by atoms with E-state index in [2.05, 4.69) is 10.6 Å². The van der Waals surface area contributed by atoms with Gasteiger partial charge in [-0.05, 0) is 92.2 Å². The summed E-state index contributed by atoms with van der Waals surface area (Å²) in [6.45, 7) is 4.55. The third kappa shape index (κ3) is 4.81. The summed E-state index contributed by atoms with van der Waals surface area (Å²) in [6, 6.07) is 22.5. The van der Waals surface area contributed by atoms with E-state index in [9.17, 15) is 4.79 Å². The van der Waals surface area contributed by atoms with Gasteiger partial charge in [0.05, 0.1) is 19.2 Å². The van der Waals surface area contributed by atoms with E-state index in [0.717, 1.165) is 45.2 Å². The number of methoxy groups -OCH3 is 1. The molecule has 0 aliphatic rings. The highest BCUT2D eigenvalue weighted by Gasteiger charge is 2.09. The van der Waals surface area contributed by atoms with Crippen LogP contribution < -0.4 is 20.1 Å². The van der Waals surface area contributed by atoms with Crippen molar-refractivity contribution in [2.45, 2.75) is 13.8 Å². The minimum absolute atomic E-state index is 0.171. The Morgan fingerprint density at radius 3 is 2.28 bits per heavy atom. The van der Waals surface area contributed by atoms with E-state index < -0.39 is 0 Å². The van der Waals surface area contributed by atoms with Crippen molar-refractivity contribution >= 4 is 34.0 Å². The van der Waals surface area contributed by atoms with Crippen LogP contribution in [0.25, 0.3) is 10.9 Å². The Kier molecular flexibility index (Phi) is 6.22. The Balaban J connectivity index is 1.51. The summed E-state index contributed by atoms with van der Waals surface area (Å²) < 4.78 is 10.6. The first-order valence-corrected chi connectivity index (χ1v) is 10.4. The lowest BCUT2D eigenvalue weighted by molar-refractivity contribution is 0.102. The molecule has 4 rings (SSSR count). The van der Waals surface area contributed by atoms with Crippen molar-refractivity contribution < 1.29 is 14.3 Å². The van der Waals surface area contributed by atoms with Crippen LogP contribution in [0.1, 0.15) is 22.8 Å². The standard InChI is InChI=1S/C26H25N3O3/c1-4-32-22-10-5-18(6-11-22)26(30)28-20-9-14-24-23(16-20)17(2)15-25(29-24)27-19-7-12-21(31-3)13-8-19/h5-16H,4H2,1-3H3,(H,27,29)(H,28,30). The maximum atomic E-state index is 12.6. The number of aryl methyl sites for hydroxylation is 1. The van der Waals surface area contributed by atoms with Gasteiger partial charge in [-0.15, -0.1) is 0 Å². The van der Waals surface area contributed by atoms with E-state index in [-0.39, 0.29) is 5.91 Å². The van der Waals surface area contributed by atoms with Crippen LogP contribution >= 0.6 is 0 Å². The number of rotatable bonds is 7. The summed E-state index contributed by atoms with van der Waals surface area (Å²) in [6.07, 6.45) is 0. The molecule has 0 unspecified atom stereocenters. The number of pyridine rings is 1. The average molecular weight is 428 g/mol. The number of hydrogen-bond acceptors (Lipinski definition) is 5. The number of fused-ring (bicyclic) bond motifs is 1. The second-order valence-corrected chi connectivity index (χ2v) is 7.32. The molecule has 1 amide bonds. The Bertz CT molecular complexity index is 1240. The second-order valence-electron chi connectivity index (χ2n) is 7.32. The van der Waals surface area contributed by atoms with E-state index in [1.54, 1.807) is 31.4 Å². The predicted octanol–water partition coefficient (Wildman–Crippen LogP) is 5.95. The lowest BCUT2D eigenvalue weighted by Gasteiger charge is -2.12. The zero-order valence-corrected chi connectivity index (χ0v) is 18.3. The number of amides is 1. The third-order valence-electron chi connectivity index (χ3n) is 5.06. The van der Waals surface area contributed by atoms with Crippen LogP contribution in [0.15, 0.2) is 72.8 Å². The second kappa shape index (κ2) is 9.39. The van der Waals surface area contributed by atoms with Gasteiger partial charge in [-0.3, -0.25) is 4.79 Å². The van der Waals surface area contributed by atoms with E-state index in [1.807, 2.05) is 62.4 Å². The molecule has 6 nitrogen and oxygen atoms in total. The summed E-state index contributed by atoms with van der Waals surface area (Å²) in [5, 5.41) is 7.26. The maximum Gasteiger partial charge on any atom is 0.255 e. The minimum Gasteiger partial charge on any atom is -0.497 e. The van der Waals surface area contributed by atoms with E-state index in [4.69, 9.17) is 14.5 Å². The molecule has 1 heterocycles. The topological polar surface area (TPSA) is 72.5 Å². The van der Waals surface area contributed by atoms with Crippen LogP contribution in [0.4, 0.5) is 17.2 Å². The number of carbonyl (C=O) groups excluding carboxylic acids is 1. The molecule has 6 heteroatoms. The Morgan fingerprint density at radius 1 is 0.906 bits per heavy atom. The zero-order chi connectivity index (χ0) is 22.5. The fourth-order valence-electron chi connectivity index (χ4n) is 3.43. The molecule has 2 N–H and O–H groups in total. The van der Waals surface area contributed by atoms with Crippen molar-refractivity contribution in [3.63, 3.8) is 0 Å². The molecule has 0 spiro atoms. The molecule has 0 saturated carbocycles. The van der Waals surface area contributed by atoms with E-state index >= 15 is 0 Å². The van der Waals surface area contributed by atoms with E-state index in [1.165, 1.54) is 0 Å². The molecular weight excluding hydrogens is 402 g/mol. The molecular formula is C26H25N3O3. The van der Waals surface area contributed by atoms with Gasteiger partial charge in [0, 0.05) is 22.3 Å². The van der Waals surface area contributed by atoms with Gasteiger partial charge >= 0.3 is 0 Å². The van der Waals surface area contributed by atoms with Crippen molar-refractivity contribution in [3.05, 3.63) is 83.9 Å². The molecule has 4 aromatic rings. The van der Waals surface area contributed by atoms with Gasteiger partial charge in [-0.25, -0.2) is 4.98 Å². The van der Waals surface area contributed by atoms with Gasteiger partial charge < -0.3 is 20.1 Å². The fraction of sp³-hybridized carbons (Fsp3) is 0.154. The van der Waals surface area contributed by atoms with Crippen molar-refractivity contribution in [1.82, 2.24) is 4.98 Å². The van der Waals surface area contributed by atoms with Gasteiger partial charge in [0.2, 0.25) is 0 Å². The smallest absolute Gasteiger partial charge is 0.255 e. The summed E-state index contributed by atoms with van der Waals surface area (Å²) in [5.74, 6) is 2.13. The van der Waals surface area contributed by atoms with Crippen molar-refractivity contribution in [3.8, 4) is 11.5 Å². The summed E-state index contributed by atoms with van der Waals surface area (Å²) >= 11 is 0.